The van der Waals surface area contributed by atoms with E-state index in [0.717, 1.165) is 13.0 Å². The SMILES string of the molecule is COc1ccc(OC)c(NC(=O)CN2CCc3sccc3[C@H]2c2ccccc2)c1. The summed E-state index contributed by atoms with van der Waals surface area (Å²) in [6.45, 7) is 1.14. The van der Waals surface area contributed by atoms with Crippen molar-refractivity contribution >= 4 is 22.9 Å². The number of rotatable bonds is 6. The van der Waals surface area contributed by atoms with Crippen molar-refractivity contribution in [1.82, 2.24) is 4.90 Å². The molecule has 2 aromatic carbocycles. The third-order valence-corrected chi connectivity index (χ3v) is 6.20. The number of anilines is 1. The number of thiophene rings is 1. The van der Waals surface area contributed by atoms with Crippen molar-refractivity contribution in [3.05, 3.63) is 76.0 Å². The Bertz CT molecular complexity index is 987. The molecule has 6 heteroatoms. The highest BCUT2D eigenvalue weighted by Crippen LogP contribution is 2.37. The summed E-state index contributed by atoms with van der Waals surface area (Å²) in [5.74, 6) is 1.21. The van der Waals surface area contributed by atoms with E-state index in [9.17, 15) is 4.79 Å². The van der Waals surface area contributed by atoms with Crippen molar-refractivity contribution in [1.29, 1.82) is 0 Å². The fourth-order valence-electron chi connectivity index (χ4n) is 3.85. The maximum absolute atomic E-state index is 12.9. The van der Waals surface area contributed by atoms with Gasteiger partial charge in [0.25, 0.3) is 0 Å². The Balaban J connectivity index is 1.56. The number of ether oxygens (including phenoxy) is 2. The predicted octanol–water partition coefficient (Wildman–Crippen LogP) is 4.35. The third kappa shape index (κ3) is 4.13. The summed E-state index contributed by atoms with van der Waals surface area (Å²) in [4.78, 5) is 16.6. The molecule has 0 bridgehead atoms. The zero-order valence-corrected chi connectivity index (χ0v) is 17.4. The molecule has 150 valence electrons. The molecule has 1 aromatic heterocycles. The molecule has 0 radical (unpaired) electrons. The predicted molar refractivity (Wildman–Crippen MR) is 116 cm³/mol. The molecule has 0 fully saturated rings. The standard InChI is InChI=1S/C23H24N2O3S/c1-27-17-8-9-20(28-2)19(14-17)24-22(26)15-25-12-10-21-18(11-13-29-21)23(25)16-6-4-3-5-7-16/h3-9,11,13-14,23H,10,12,15H2,1-2H3,(H,24,26)/t23-/m1/s1. The summed E-state index contributed by atoms with van der Waals surface area (Å²) >= 11 is 1.80. The van der Waals surface area contributed by atoms with E-state index < -0.39 is 0 Å². The molecule has 0 spiro atoms. The van der Waals surface area contributed by atoms with Crippen molar-refractivity contribution in [3.8, 4) is 11.5 Å². The number of amides is 1. The van der Waals surface area contributed by atoms with Gasteiger partial charge in [-0.3, -0.25) is 9.69 Å². The van der Waals surface area contributed by atoms with Gasteiger partial charge in [-0.05, 0) is 41.1 Å². The van der Waals surface area contributed by atoms with Gasteiger partial charge in [0.1, 0.15) is 11.5 Å². The minimum atomic E-state index is -0.0730. The van der Waals surface area contributed by atoms with Crippen LogP contribution in [-0.2, 0) is 11.2 Å². The largest absolute Gasteiger partial charge is 0.497 e. The highest BCUT2D eigenvalue weighted by atomic mass is 32.1. The number of nitrogens with zero attached hydrogens (tertiary/aromatic N) is 1. The van der Waals surface area contributed by atoms with Gasteiger partial charge in [0.05, 0.1) is 32.5 Å². The van der Waals surface area contributed by atoms with Gasteiger partial charge in [0.15, 0.2) is 0 Å². The van der Waals surface area contributed by atoms with Crippen LogP contribution in [0.15, 0.2) is 60.0 Å². The lowest BCUT2D eigenvalue weighted by atomic mass is 9.93. The first-order valence-electron chi connectivity index (χ1n) is 9.56. The quantitative estimate of drug-likeness (QED) is 0.659. The molecular weight excluding hydrogens is 384 g/mol. The maximum Gasteiger partial charge on any atom is 0.238 e. The van der Waals surface area contributed by atoms with Gasteiger partial charge in [-0.15, -0.1) is 11.3 Å². The van der Waals surface area contributed by atoms with Gasteiger partial charge in [0, 0.05) is 17.5 Å². The van der Waals surface area contributed by atoms with Gasteiger partial charge in [-0.2, -0.15) is 0 Å². The molecule has 0 aliphatic carbocycles. The molecule has 4 rings (SSSR count). The summed E-state index contributed by atoms with van der Waals surface area (Å²) in [6, 6.07) is 18.0. The second-order valence-corrected chi connectivity index (χ2v) is 7.95. The van der Waals surface area contributed by atoms with Gasteiger partial charge in [0.2, 0.25) is 5.91 Å². The van der Waals surface area contributed by atoms with Crippen LogP contribution in [0, 0.1) is 0 Å². The van der Waals surface area contributed by atoms with Gasteiger partial charge in [-0.1, -0.05) is 30.3 Å². The summed E-state index contributed by atoms with van der Waals surface area (Å²) in [6.07, 6.45) is 0.964. The Morgan fingerprint density at radius 2 is 1.97 bits per heavy atom. The number of benzene rings is 2. The Labute approximate surface area is 174 Å². The number of hydrogen-bond donors (Lipinski definition) is 1. The molecular formula is C23H24N2O3S. The van der Waals surface area contributed by atoms with Crippen LogP contribution in [0.3, 0.4) is 0 Å². The number of hydrogen-bond acceptors (Lipinski definition) is 5. The number of nitrogens with one attached hydrogen (secondary N) is 1. The molecule has 0 saturated carbocycles. The maximum atomic E-state index is 12.9. The van der Waals surface area contributed by atoms with Crippen LogP contribution < -0.4 is 14.8 Å². The van der Waals surface area contributed by atoms with Gasteiger partial charge >= 0.3 is 0 Å². The Kier molecular flexibility index (Phi) is 5.83. The van der Waals surface area contributed by atoms with Crippen LogP contribution in [0.1, 0.15) is 22.0 Å². The molecule has 3 aromatic rings. The molecule has 0 saturated heterocycles. The van der Waals surface area contributed by atoms with Crippen molar-refractivity contribution in [2.24, 2.45) is 0 Å². The first kappa shape index (κ1) is 19.5. The van der Waals surface area contributed by atoms with E-state index in [0.29, 0.717) is 23.7 Å². The molecule has 1 atom stereocenters. The van der Waals surface area contributed by atoms with Crippen LogP contribution in [-0.4, -0.2) is 38.1 Å². The van der Waals surface area contributed by atoms with E-state index in [4.69, 9.17) is 9.47 Å². The number of carbonyl (C=O) groups is 1. The molecule has 5 nitrogen and oxygen atoms in total. The zero-order valence-electron chi connectivity index (χ0n) is 16.6. The highest BCUT2D eigenvalue weighted by molar-refractivity contribution is 7.10. The summed E-state index contributed by atoms with van der Waals surface area (Å²) in [5, 5.41) is 5.13. The fourth-order valence-corrected chi connectivity index (χ4v) is 4.75. The van der Waals surface area contributed by atoms with Crippen LogP contribution in [0.25, 0.3) is 0 Å². The summed E-state index contributed by atoms with van der Waals surface area (Å²) in [5.41, 5.74) is 3.12. The van der Waals surface area contributed by atoms with Crippen LogP contribution in [0.4, 0.5) is 5.69 Å². The average Bonchev–Trinajstić information content (AvgIpc) is 3.23. The topological polar surface area (TPSA) is 50.8 Å². The van der Waals surface area contributed by atoms with E-state index in [1.807, 2.05) is 12.1 Å². The lowest BCUT2D eigenvalue weighted by Gasteiger charge is -2.35. The smallest absolute Gasteiger partial charge is 0.238 e. The van der Waals surface area contributed by atoms with Crippen molar-refractivity contribution < 1.29 is 14.3 Å². The first-order valence-corrected chi connectivity index (χ1v) is 10.4. The van der Waals surface area contributed by atoms with E-state index in [1.165, 1.54) is 16.0 Å². The number of carbonyl (C=O) groups excluding carboxylic acids is 1. The van der Waals surface area contributed by atoms with E-state index in [2.05, 4.69) is 45.9 Å². The second kappa shape index (κ2) is 8.68. The second-order valence-electron chi connectivity index (χ2n) is 6.95. The lowest BCUT2D eigenvalue weighted by Crippen LogP contribution is -2.40. The highest BCUT2D eigenvalue weighted by Gasteiger charge is 2.30. The Morgan fingerprint density at radius 1 is 1.14 bits per heavy atom. The third-order valence-electron chi connectivity index (χ3n) is 5.21. The van der Waals surface area contributed by atoms with Crippen LogP contribution >= 0.6 is 11.3 Å². The molecule has 0 unspecified atom stereocenters. The molecule has 1 amide bonds. The summed E-state index contributed by atoms with van der Waals surface area (Å²) in [7, 11) is 3.19. The van der Waals surface area contributed by atoms with Crippen LogP contribution in [0.2, 0.25) is 0 Å². The summed E-state index contributed by atoms with van der Waals surface area (Å²) < 4.78 is 10.7. The molecule has 29 heavy (non-hydrogen) atoms. The molecule has 2 heterocycles. The van der Waals surface area contributed by atoms with E-state index in [1.54, 1.807) is 37.7 Å². The number of methoxy groups -OCH3 is 2. The zero-order chi connectivity index (χ0) is 20.2. The number of fused-ring (bicyclic) bond motifs is 1. The van der Waals surface area contributed by atoms with Crippen LogP contribution in [0.5, 0.6) is 11.5 Å². The molecule has 1 aliphatic rings. The van der Waals surface area contributed by atoms with Gasteiger partial charge < -0.3 is 14.8 Å². The fraction of sp³-hybridized carbons (Fsp3) is 0.261. The Morgan fingerprint density at radius 3 is 2.72 bits per heavy atom. The van der Waals surface area contributed by atoms with Crippen molar-refractivity contribution in [2.75, 3.05) is 32.6 Å². The monoisotopic (exact) mass is 408 g/mol. The first-order chi connectivity index (χ1) is 14.2. The van der Waals surface area contributed by atoms with Crippen molar-refractivity contribution in [2.45, 2.75) is 12.5 Å². The average molecular weight is 409 g/mol. The lowest BCUT2D eigenvalue weighted by molar-refractivity contribution is -0.117. The normalized spacial score (nSPS) is 16.1. The van der Waals surface area contributed by atoms with Crippen molar-refractivity contribution in [3.63, 3.8) is 0 Å². The van der Waals surface area contributed by atoms with E-state index >= 15 is 0 Å². The molecule has 1 aliphatic heterocycles. The van der Waals surface area contributed by atoms with Gasteiger partial charge in [-0.25, -0.2) is 0 Å². The Hall–Kier alpha value is -2.83. The minimum absolute atomic E-state index is 0.0730. The minimum Gasteiger partial charge on any atom is -0.497 e. The van der Waals surface area contributed by atoms with E-state index in [-0.39, 0.29) is 11.9 Å². The molecule has 1 N–H and O–H groups in total.